The first-order valence-electron chi connectivity index (χ1n) is 6.54. The Labute approximate surface area is 121 Å². The molecule has 0 unspecified atom stereocenters. The van der Waals surface area contributed by atoms with Crippen LogP contribution in [-0.2, 0) is 6.54 Å². The third-order valence-corrected chi connectivity index (χ3v) is 3.12. The summed E-state index contributed by atoms with van der Waals surface area (Å²) in [5, 5.41) is 10.1. The van der Waals surface area contributed by atoms with Gasteiger partial charge in [-0.15, -0.1) is 0 Å². The minimum atomic E-state index is -0.574. The molecule has 0 aliphatic rings. The maximum Gasteiger partial charge on any atom is 0.316 e. The lowest BCUT2D eigenvalue weighted by atomic mass is 10.2. The Morgan fingerprint density at radius 3 is 2.90 bits per heavy atom. The van der Waals surface area contributed by atoms with Gasteiger partial charge in [0.15, 0.2) is 0 Å². The van der Waals surface area contributed by atoms with Crippen LogP contribution < -0.4 is 16.4 Å². The van der Waals surface area contributed by atoms with Gasteiger partial charge in [-0.25, -0.2) is 9.31 Å². The summed E-state index contributed by atoms with van der Waals surface area (Å²) in [6.07, 6.45) is 3.75. The predicted octanol–water partition coefficient (Wildman–Crippen LogP) is 2.44. The highest BCUT2D eigenvalue weighted by atomic mass is 16.2. The van der Waals surface area contributed by atoms with Crippen molar-refractivity contribution < 1.29 is 4.79 Å². The average Bonchev–Trinajstić information content (AvgIpc) is 2.88. The van der Waals surface area contributed by atoms with Gasteiger partial charge in [-0.2, -0.15) is 5.10 Å². The number of aromatic nitrogens is 2. The molecule has 0 bridgehead atoms. The number of carbonyl (C=O) groups excluding carboxylic acids is 1. The molecule has 0 radical (unpaired) electrons. The molecule has 3 aromatic rings. The number of primary amides is 1. The number of hydrogen-bond acceptors (Lipinski definition) is 3. The molecule has 0 fully saturated rings. The molecule has 3 rings (SSSR count). The number of nitrogens with two attached hydrogens (primary N) is 1. The van der Waals surface area contributed by atoms with Crippen LogP contribution in [0.2, 0.25) is 0 Å². The Morgan fingerprint density at radius 2 is 2.05 bits per heavy atom. The number of hydrogen-bond donors (Lipinski definition) is 3. The average molecular weight is 281 g/mol. The van der Waals surface area contributed by atoms with E-state index in [2.05, 4.69) is 15.7 Å². The fourth-order valence-electron chi connectivity index (χ4n) is 2.17. The van der Waals surface area contributed by atoms with Crippen molar-refractivity contribution in [3.05, 3.63) is 60.4 Å². The highest BCUT2D eigenvalue weighted by Gasteiger charge is 2.03. The summed E-state index contributed by atoms with van der Waals surface area (Å²) in [7, 11) is 0. The molecular formula is C15H15N5O. The summed E-state index contributed by atoms with van der Waals surface area (Å²) in [6, 6.07) is 12.8. The quantitative estimate of drug-likeness (QED) is 0.686. The SMILES string of the molecule is NC(=O)Nc1cccc(NCc2cnn3ccccc23)c1. The van der Waals surface area contributed by atoms with Gasteiger partial charge in [-0.3, -0.25) is 0 Å². The van der Waals surface area contributed by atoms with Gasteiger partial charge in [0.2, 0.25) is 0 Å². The zero-order valence-corrected chi connectivity index (χ0v) is 11.3. The van der Waals surface area contributed by atoms with Gasteiger partial charge in [-0.05, 0) is 30.3 Å². The second kappa shape index (κ2) is 5.54. The fourth-order valence-corrected chi connectivity index (χ4v) is 2.17. The fraction of sp³-hybridized carbons (Fsp3) is 0.0667. The van der Waals surface area contributed by atoms with Gasteiger partial charge in [0.05, 0.1) is 11.7 Å². The normalized spacial score (nSPS) is 10.5. The largest absolute Gasteiger partial charge is 0.381 e. The zero-order chi connectivity index (χ0) is 14.7. The summed E-state index contributed by atoms with van der Waals surface area (Å²) in [5.41, 5.74) is 8.83. The molecule has 0 aliphatic carbocycles. The number of fused-ring (bicyclic) bond motifs is 1. The summed E-state index contributed by atoms with van der Waals surface area (Å²) in [4.78, 5) is 10.9. The molecule has 106 valence electrons. The molecule has 0 atom stereocenters. The topological polar surface area (TPSA) is 84.5 Å². The van der Waals surface area contributed by atoms with E-state index in [1.807, 2.05) is 53.3 Å². The van der Waals surface area contributed by atoms with E-state index in [4.69, 9.17) is 5.73 Å². The molecule has 21 heavy (non-hydrogen) atoms. The number of carbonyl (C=O) groups is 1. The van der Waals surface area contributed by atoms with Crippen molar-refractivity contribution in [2.75, 3.05) is 10.6 Å². The Kier molecular flexibility index (Phi) is 3.42. The smallest absolute Gasteiger partial charge is 0.316 e. The second-order valence-corrected chi connectivity index (χ2v) is 4.62. The number of nitrogens with one attached hydrogen (secondary N) is 2. The first-order chi connectivity index (χ1) is 10.2. The third-order valence-electron chi connectivity index (χ3n) is 3.12. The minimum Gasteiger partial charge on any atom is -0.381 e. The van der Waals surface area contributed by atoms with Crippen molar-refractivity contribution in [2.24, 2.45) is 5.73 Å². The van der Waals surface area contributed by atoms with Crippen LogP contribution in [0.3, 0.4) is 0 Å². The van der Waals surface area contributed by atoms with Crippen molar-refractivity contribution in [1.29, 1.82) is 0 Å². The Morgan fingerprint density at radius 1 is 1.19 bits per heavy atom. The Balaban J connectivity index is 1.74. The molecule has 6 heteroatoms. The number of anilines is 2. The van der Waals surface area contributed by atoms with Crippen LogP contribution in [0.5, 0.6) is 0 Å². The monoisotopic (exact) mass is 281 g/mol. The maximum atomic E-state index is 10.9. The zero-order valence-electron chi connectivity index (χ0n) is 11.3. The van der Waals surface area contributed by atoms with Gasteiger partial charge >= 0.3 is 6.03 Å². The minimum absolute atomic E-state index is 0.574. The lowest BCUT2D eigenvalue weighted by Gasteiger charge is -2.08. The standard InChI is InChI=1S/C15H15N5O/c16-15(21)19-13-5-3-4-12(8-13)17-9-11-10-18-20-7-2-1-6-14(11)20/h1-8,10,17H,9H2,(H3,16,19,21). The van der Waals surface area contributed by atoms with Crippen molar-refractivity contribution >= 4 is 22.9 Å². The van der Waals surface area contributed by atoms with Crippen LogP contribution in [0.25, 0.3) is 5.52 Å². The Bertz CT molecular complexity index is 780. The van der Waals surface area contributed by atoms with Crippen molar-refractivity contribution in [2.45, 2.75) is 6.54 Å². The molecule has 2 heterocycles. The molecule has 0 saturated carbocycles. The molecule has 0 saturated heterocycles. The maximum absolute atomic E-state index is 10.9. The van der Waals surface area contributed by atoms with Crippen LogP contribution in [-0.4, -0.2) is 15.6 Å². The predicted molar refractivity (Wildman–Crippen MR) is 82.2 cm³/mol. The first-order valence-corrected chi connectivity index (χ1v) is 6.54. The van der Waals surface area contributed by atoms with Crippen LogP contribution in [0.15, 0.2) is 54.9 Å². The molecule has 4 N–H and O–H groups in total. The number of nitrogens with zero attached hydrogens (tertiary/aromatic N) is 2. The van der Waals surface area contributed by atoms with E-state index in [0.717, 1.165) is 16.8 Å². The van der Waals surface area contributed by atoms with E-state index in [1.54, 1.807) is 6.07 Å². The number of amides is 2. The van der Waals surface area contributed by atoms with E-state index in [1.165, 1.54) is 0 Å². The van der Waals surface area contributed by atoms with Crippen molar-refractivity contribution in [1.82, 2.24) is 9.61 Å². The van der Waals surface area contributed by atoms with E-state index < -0.39 is 6.03 Å². The van der Waals surface area contributed by atoms with Crippen LogP contribution >= 0.6 is 0 Å². The van der Waals surface area contributed by atoms with E-state index in [-0.39, 0.29) is 0 Å². The summed E-state index contributed by atoms with van der Waals surface area (Å²) < 4.78 is 1.84. The summed E-state index contributed by atoms with van der Waals surface area (Å²) >= 11 is 0. The number of pyridine rings is 1. The van der Waals surface area contributed by atoms with Gasteiger partial charge in [0.1, 0.15) is 0 Å². The van der Waals surface area contributed by atoms with Crippen LogP contribution in [0.1, 0.15) is 5.56 Å². The number of rotatable bonds is 4. The summed E-state index contributed by atoms with van der Waals surface area (Å²) in [5.74, 6) is 0. The number of urea groups is 1. The number of benzene rings is 1. The molecular weight excluding hydrogens is 266 g/mol. The van der Waals surface area contributed by atoms with Crippen LogP contribution in [0, 0.1) is 0 Å². The molecule has 2 amide bonds. The molecule has 2 aromatic heterocycles. The van der Waals surface area contributed by atoms with Gasteiger partial charge in [-0.1, -0.05) is 12.1 Å². The highest BCUT2D eigenvalue weighted by molar-refractivity contribution is 5.88. The third kappa shape index (κ3) is 2.94. The van der Waals surface area contributed by atoms with Gasteiger partial charge in [0.25, 0.3) is 0 Å². The van der Waals surface area contributed by atoms with Gasteiger partial charge < -0.3 is 16.4 Å². The van der Waals surface area contributed by atoms with E-state index in [0.29, 0.717) is 12.2 Å². The summed E-state index contributed by atoms with van der Waals surface area (Å²) in [6.45, 7) is 0.646. The second-order valence-electron chi connectivity index (χ2n) is 4.62. The highest BCUT2D eigenvalue weighted by Crippen LogP contribution is 2.17. The lowest BCUT2D eigenvalue weighted by Crippen LogP contribution is -2.19. The molecule has 1 aromatic carbocycles. The van der Waals surface area contributed by atoms with Crippen molar-refractivity contribution in [3.8, 4) is 0 Å². The molecule has 0 spiro atoms. The molecule has 6 nitrogen and oxygen atoms in total. The van der Waals surface area contributed by atoms with E-state index in [9.17, 15) is 4.79 Å². The van der Waals surface area contributed by atoms with Crippen molar-refractivity contribution in [3.63, 3.8) is 0 Å². The first kappa shape index (κ1) is 13.0. The molecule has 0 aliphatic heterocycles. The van der Waals surface area contributed by atoms with Gasteiger partial charge in [0, 0.05) is 29.7 Å². The van der Waals surface area contributed by atoms with Crippen LogP contribution in [0.4, 0.5) is 16.2 Å². The lowest BCUT2D eigenvalue weighted by molar-refractivity contribution is 0.259. The van der Waals surface area contributed by atoms with E-state index >= 15 is 0 Å². The Hall–Kier alpha value is -3.02.